The van der Waals surface area contributed by atoms with E-state index >= 15 is 0 Å². The highest BCUT2D eigenvalue weighted by Crippen LogP contribution is 2.29. The standard InChI is InChI=1S/C14H25N3O3S/c1-3-15-9-12-8-13(10-16-12)21(18,19)17-11-14(2)4-6-20-7-5-14/h8,10,15-17H,3-7,9,11H2,1-2H3. The van der Waals surface area contributed by atoms with Crippen molar-refractivity contribution in [2.75, 3.05) is 26.3 Å². The summed E-state index contributed by atoms with van der Waals surface area (Å²) in [5.74, 6) is 0. The van der Waals surface area contributed by atoms with Crippen molar-refractivity contribution < 1.29 is 13.2 Å². The molecule has 0 spiro atoms. The van der Waals surface area contributed by atoms with Crippen molar-refractivity contribution in [3.8, 4) is 0 Å². The van der Waals surface area contributed by atoms with Crippen molar-refractivity contribution >= 4 is 10.0 Å². The van der Waals surface area contributed by atoms with Gasteiger partial charge >= 0.3 is 0 Å². The summed E-state index contributed by atoms with van der Waals surface area (Å²) >= 11 is 0. The summed E-state index contributed by atoms with van der Waals surface area (Å²) in [5, 5.41) is 3.16. The molecule has 6 nitrogen and oxygen atoms in total. The lowest BCUT2D eigenvalue weighted by Gasteiger charge is -2.33. The summed E-state index contributed by atoms with van der Waals surface area (Å²) in [4.78, 5) is 3.29. The molecule has 1 aromatic rings. The summed E-state index contributed by atoms with van der Waals surface area (Å²) in [6.07, 6.45) is 3.31. The van der Waals surface area contributed by atoms with Crippen molar-refractivity contribution in [2.45, 2.75) is 38.1 Å². The lowest BCUT2D eigenvalue weighted by molar-refractivity contribution is 0.0265. The molecule has 0 radical (unpaired) electrons. The van der Waals surface area contributed by atoms with Crippen LogP contribution in [0.4, 0.5) is 0 Å². The fourth-order valence-corrected chi connectivity index (χ4v) is 3.55. The second-order valence-electron chi connectivity index (χ2n) is 5.89. The molecular formula is C14H25N3O3S. The van der Waals surface area contributed by atoms with Gasteiger partial charge in [-0.3, -0.25) is 0 Å². The highest BCUT2D eigenvalue weighted by molar-refractivity contribution is 7.89. The van der Waals surface area contributed by atoms with Gasteiger partial charge in [-0.15, -0.1) is 0 Å². The van der Waals surface area contributed by atoms with Gasteiger partial charge in [0, 0.05) is 38.2 Å². The first-order valence-corrected chi connectivity index (χ1v) is 8.89. The normalized spacial score (nSPS) is 18.8. The second-order valence-corrected chi connectivity index (χ2v) is 7.66. The fourth-order valence-electron chi connectivity index (χ4n) is 2.33. The first kappa shape index (κ1) is 16.5. The zero-order chi connectivity index (χ0) is 15.3. The smallest absolute Gasteiger partial charge is 0.242 e. The predicted molar refractivity (Wildman–Crippen MR) is 81.5 cm³/mol. The van der Waals surface area contributed by atoms with Crippen molar-refractivity contribution in [3.63, 3.8) is 0 Å². The molecule has 1 aromatic heterocycles. The van der Waals surface area contributed by atoms with E-state index in [-0.39, 0.29) is 5.41 Å². The molecular weight excluding hydrogens is 290 g/mol. The lowest BCUT2D eigenvalue weighted by Crippen LogP contribution is -2.39. The Kier molecular flexibility index (Phi) is 5.43. The zero-order valence-corrected chi connectivity index (χ0v) is 13.6. The van der Waals surface area contributed by atoms with E-state index in [1.54, 1.807) is 12.3 Å². The van der Waals surface area contributed by atoms with Gasteiger partial charge in [-0.1, -0.05) is 13.8 Å². The van der Waals surface area contributed by atoms with Crippen LogP contribution in [0.3, 0.4) is 0 Å². The Labute approximate surface area is 126 Å². The third-order valence-corrected chi connectivity index (χ3v) is 5.36. The van der Waals surface area contributed by atoms with E-state index < -0.39 is 10.0 Å². The largest absolute Gasteiger partial charge is 0.381 e. The minimum absolute atomic E-state index is 0.0196. The number of aromatic nitrogens is 1. The molecule has 1 fully saturated rings. The lowest BCUT2D eigenvalue weighted by atomic mass is 9.83. The number of aromatic amines is 1. The van der Waals surface area contributed by atoms with Crippen LogP contribution in [-0.4, -0.2) is 39.7 Å². The molecule has 0 aromatic carbocycles. The van der Waals surface area contributed by atoms with Crippen LogP contribution in [0, 0.1) is 5.41 Å². The summed E-state index contributed by atoms with van der Waals surface area (Å²) in [6.45, 7) is 7.46. The van der Waals surface area contributed by atoms with Crippen LogP contribution in [0.15, 0.2) is 17.2 Å². The van der Waals surface area contributed by atoms with Gasteiger partial charge in [-0.2, -0.15) is 0 Å². The summed E-state index contributed by atoms with van der Waals surface area (Å²) in [5.41, 5.74) is 0.850. The van der Waals surface area contributed by atoms with E-state index in [0.29, 0.717) is 31.2 Å². The Morgan fingerprint density at radius 2 is 2.10 bits per heavy atom. The minimum Gasteiger partial charge on any atom is -0.381 e. The van der Waals surface area contributed by atoms with Gasteiger partial charge in [0.2, 0.25) is 10.0 Å². The molecule has 0 atom stereocenters. The van der Waals surface area contributed by atoms with Crippen LogP contribution < -0.4 is 10.0 Å². The SMILES string of the molecule is CCNCc1cc(S(=O)(=O)NCC2(C)CCOCC2)c[nH]1. The average Bonchev–Trinajstić information content (AvgIpc) is 2.94. The van der Waals surface area contributed by atoms with Gasteiger partial charge < -0.3 is 15.0 Å². The number of ether oxygens (including phenoxy) is 1. The molecule has 7 heteroatoms. The Hall–Kier alpha value is -0.890. The van der Waals surface area contributed by atoms with Gasteiger partial charge in [0.15, 0.2) is 0 Å². The number of hydrogen-bond acceptors (Lipinski definition) is 4. The highest BCUT2D eigenvalue weighted by Gasteiger charge is 2.29. The number of hydrogen-bond donors (Lipinski definition) is 3. The van der Waals surface area contributed by atoms with Gasteiger partial charge in [0.05, 0.1) is 4.90 Å². The molecule has 2 heterocycles. The molecule has 2 rings (SSSR count). The molecule has 1 aliphatic rings. The number of rotatable bonds is 7. The number of sulfonamides is 1. The van der Waals surface area contributed by atoms with Crippen LogP contribution in [0.25, 0.3) is 0 Å². The molecule has 0 unspecified atom stereocenters. The van der Waals surface area contributed by atoms with E-state index in [1.165, 1.54) is 0 Å². The van der Waals surface area contributed by atoms with Crippen LogP contribution in [0.5, 0.6) is 0 Å². The Morgan fingerprint density at radius 3 is 2.76 bits per heavy atom. The van der Waals surface area contributed by atoms with Gasteiger partial charge in [-0.25, -0.2) is 13.1 Å². The summed E-state index contributed by atoms with van der Waals surface area (Å²) in [7, 11) is -3.45. The van der Waals surface area contributed by atoms with Gasteiger partial charge in [0.25, 0.3) is 0 Å². The van der Waals surface area contributed by atoms with E-state index in [4.69, 9.17) is 4.74 Å². The summed E-state index contributed by atoms with van der Waals surface area (Å²) < 4.78 is 32.7. The van der Waals surface area contributed by atoms with Crippen LogP contribution in [0.2, 0.25) is 0 Å². The fraction of sp³-hybridized carbons (Fsp3) is 0.714. The number of nitrogens with one attached hydrogen (secondary N) is 3. The van der Waals surface area contributed by atoms with Crippen LogP contribution in [0.1, 0.15) is 32.4 Å². The van der Waals surface area contributed by atoms with Crippen molar-refractivity contribution in [3.05, 3.63) is 18.0 Å². The minimum atomic E-state index is -3.45. The average molecular weight is 315 g/mol. The quantitative estimate of drug-likeness (QED) is 0.706. The molecule has 1 saturated heterocycles. The van der Waals surface area contributed by atoms with Crippen LogP contribution >= 0.6 is 0 Å². The Bertz CT molecular complexity index is 548. The molecule has 0 saturated carbocycles. The Balaban J connectivity index is 1.96. The zero-order valence-electron chi connectivity index (χ0n) is 12.7. The second kappa shape index (κ2) is 6.91. The van der Waals surface area contributed by atoms with Gasteiger partial charge in [-0.05, 0) is 30.9 Å². The predicted octanol–water partition coefficient (Wildman–Crippen LogP) is 1.22. The molecule has 1 aliphatic heterocycles. The topological polar surface area (TPSA) is 83.2 Å². The maximum atomic E-state index is 12.3. The van der Waals surface area contributed by atoms with E-state index in [2.05, 4.69) is 21.9 Å². The molecule has 3 N–H and O–H groups in total. The van der Waals surface area contributed by atoms with Crippen molar-refractivity contribution in [1.29, 1.82) is 0 Å². The first-order chi connectivity index (χ1) is 9.95. The molecule has 0 aliphatic carbocycles. The Morgan fingerprint density at radius 1 is 1.38 bits per heavy atom. The third kappa shape index (κ3) is 4.54. The first-order valence-electron chi connectivity index (χ1n) is 7.41. The van der Waals surface area contributed by atoms with E-state index in [1.807, 2.05) is 6.92 Å². The monoisotopic (exact) mass is 315 g/mol. The van der Waals surface area contributed by atoms with Crippen LogP contribution in [-0.2, 0) is 21.3 Å². The maximum absolute atomic E-state index is 12.3. The van der Waals surface area contributed by atoms with E-state index in [9.17, 15) is 8.42 Å². The third-order valence-electron chi connectivity index (χ3n) is 3.98. The van der Waals surface area contributed by atoms with E-state index in [0.717, 1.165) is 25.1 Å². The summed E-state index contributed by atoms with van der Waals surface area (Å²) in [6, 6.07) is 1.68. The van der Waals surface area contributed by atoms with Gasteiger partial charge in [0.1, 0.15) is 0 Å². The molecule has 120 valence electrons. The number of H-pyrrole nitrogens is 1. The molecule has 21 heavy (non-hydrogen) atoms. The highest BCUT2D eigenvalue weighted by atomic mass is 32.2. The van der Waals surface area contributed by atoms with Crippen molar-refractivity contribution in [1.82, 2.24) is 15.0 Å². The molecule has 0 bridgehead atoms. The van der Waals surface area contributed by atoms with Crippen molar-refractivity contribution in [2.24, 2.45) is 5.41 Å². The molecule has 0 amide bonds. The maximum Gasteiger partial charge on any atom is 0.242 e.